The van der Waals surface area contributed by atoms with E-state index in [1.807, 2.05) is 35.2 Å². The normalized spacial score (nSPS) is 16.3. The minimum atomic E-state index is -0.736. The number of anilines is 4. The van der Waals surface area contributed by atoms with E-state index in [-0.39, 0.29) is 23.6 Å². The first kappa shape index (κ1) is 24.9. The van der Waals surface area contributed by atoms with Gasteiger partial charge in [-0.15, -0.1) is 0 Å². The molecule has 0 spiro atoms. The van der Waals surface area contributed by atoms with Crippen molar-refractivity contribution >= 4 is 45.9 Å². The molecule has 2 aliphatic heterocycles. The Morgan fingerprint density at radius 3 is 2.42 bits per heavy atom. The van der Waals surface area contributed by atoms with Crippen molar-refractivity contribution in [1.29, 1.82) is 5.26 Å². The number of carbonyl (C=O) groups is 2. The first-order valence-corrected chi connectivity index (χ1v) is 12.4. The quantitative estimate of drug-likeness (QED) is 0.430. The van der Waals surface area contributed by atoms with E-state index in [0.29, 0.717) is 69.4 Å². The van der Waals surface area contributed by atoms with Gasteiger partial charge in [0.05, 0.1) is 18.2 Å². The first-order valence-electron chi connectivity index (χ1n) is 12.4. The number of benzene rings is 1. The second kappa shape index (κ2) is 10.7. The van der Waals surface area contributed by atoms with E-state index in [1.165, 1.54) is 6.20 Å². The van der Waals surface area contributed by atoms with Gasteiger partial charge in [-0.05, 0) is 37.1 Å². The lowest BCUT2D eigenvalue weighted by Crippen LogP contribution is -2.49. The van der Waals surface area contributed by atoms with Crippen LogP contribution in [0.1, 0.15) is 19.3 Å². The first-order chi connectivity index (χ1) is 18.4. The molecule has 2 fully saturated rings. The van der Waals surface area contributed by atoms with Crippen molar-refractivity contribution in [2.75, 3.05) is 54.4 Å². The maximum absolute atomic E-state index is 12.6. The number of nitrogens with one attached hydrogen (secondary N) is 2. The number of aromatic nitrogens is 4. The molecule has 38 heavy (non-hydrogen) atoms. The van der Waals surface area contributed by atoms with Crippen molar-refractivity contribution in [3.8, 4) is 6.07 Å². The summed E-state index contributed by atoms with van der Waals surface area (Å²) in [6.45, 7) is 3.24. The summed E-state index contributed by atoms with van der Waals surface area (Å²) < 4.78 is 0. The van der Waals surface area contributed by atoms with Crippen LogP contribution in [0.5, 0.6) is 0 Å². The summed E-state index contributed by atoms with van der Waals surface area (Å²) in [5.74, 6) is -0.468. The maximum Gasteiger partial charge on any atom is 0.306 e. The third-order valence-electron chi connectivity index (χ3n) is 6.99. The van der Waals surface area contributed by atoms with Crippen LogP contribution in [0.3, 0.4) is 0 Å². The molecular formula is C25H27N9O4. The number of hydrogen-bond donors (Lipinski definition) is 3. The Morgan fingerprint density at radius 1 is 1.05 bits per heavy atom. The molecule has 0 bridgehead atoms. The second-order valence-electron chi connectivity index (χ2n) is 9.31. The summed E-state index contributed by atoms with van der Waals surface area (Å²) in [5, 5.41) is 27.9. The van der Waals surface area contributed by atoms with Gasteiger partial charge in [-0.25, -0.2) is 10.1 Å². The Bertz CT molecular complexity index is 1430. The van der Waals surface area contributed by atoms with E-state index in [1.54, 1.807) is 4.90 Å². The molecule has 4 heterocycles. The zero-order chi connectivity index (χ0) is 26.6. The number of rotatable bonds is 6. The number of H-pyrrole nitrogens is 1. The lowest BCUT2D eigenvalue weighted by atomic mass is 9.97. The molecule has 13 nitrogen and oxygen atoms in total. The van der Waals surface area contributed by atoms with Crippen molar-refractivity contribution < 1.29 is 14.7 Å². The number of amides is 1. The highest BCUT2D eigenvalue weighted by molar-refractivity contribution is 5.90. The number of carboxylic acids is 1. The fraction of sp³-hybridized carbons (Fsp3) is 0.400. The SMILES string of the molecule is N#CCC(=O)N1CCN(c2nc(Nc3ccc(N4CCC(C(=O)O)CC4)cc3)c3c(=O)[nH]ncc3n2)CC1. The molecule has 2 aliphatic rings. The number of nitriles is 1. The van der Waals surface area contributed by atoms with E-state index < -0.39 is 11.5 Å². The third kappa shape index (κ3) is 5.19. The van der Waals surface area contributed by atoms with Gasteiger partial charge in [0.15, 0.2) is 0 Å². The molecule has 2 aromatic heterocycles. The molecule has 2 saturated heterocycles. The minimum absolute atomic E-state index is 0.144. The summed E-state index contributed by atoms with van der Waals surface area (Å²) in [7, 11) is 0. The second-order valence-corrected chi connectivity index (χ2v) is 9.31. The molecule has 3 N–H and O–H groups in total. The van der Waals surface area contributed by atoms with E-state index in [0.717, 1.165) is 11.4 Å². The van der Waals surface area contributed by atoms with Crippen LogP contribution in [-0.2, 0) is 9.59 Å². The van der Waals surface area contributed by atoms with Crippen molar-refractivity contribution in [2.45, 2.75) is 19.3 Å². The van der Waals surface area contributed by atoms with Gasteiger partial charge in [-0.3, -0.25) is 14.4 Å². The highest BCUT2D eigenvalue weighted by atomic mass is 16.4. The Kier molecular flexibility index (Phi) is 7.03. The Hall–Kier alpha value is -4.73. The van der Waals surface area contributed by atoms with Crippen LogP contribution in [0.15, 0.2) is 35.3 Å². The van der Waals surface area contributed by atoms with Crippen LogP contribution in [0, 0.1) is 17.2 Å². The molecule has 5 rings (SSSR count). The van der Waals surface area contributed by atoms with Gasteiger partial charge < -0.3 is 25.1 Å². The fourth-order valence-electron chi connectivity index (χ4n) is 4.84. The number of aliphatic carboxylic acids is 1. The lowest BCUT2D eigenvalue weighted by molar-refractivity contribution is -0.142. The van der Waals surface area contributed by atoms with Crippen LogP contribution >= 0.6 is 0 Å². The van der Waals surface area contributed by atoms with Gasteiger partial charge >= 0.3 is 5.97 Å². The third-order valence-corrected chi connectivity index (χ3v) is 6.99. The Morgan fingerprint density at radius 2 is 1.76 bits per heavy atom. The van der Waals surface area contributed by atoms with Crippen molar-refractivity contribution in [3.63, 3.8) is 0 Å². The smallest absolute Gasteiger partial charge is 0.306 e. The molecule has 1 amide bonds. The number of carboxylic acid groups (broad SMARTS) is 1. The number of piperazine rings is 1. The summed E-state index contributed by atoms with van der Waals surface area (Å²) >= 11 is 0. The Balaban J connectivity index is 1.35. The van der Waals surface area contributed by atoms with E-state index in [4.69, 9.17) is 5.26 Å². The van der Waals surface area contributed by atoms with E-state index in [9.17, 15) is 19.5 Å². The highest BCUT2D eigenvalue weighted by Crippen LogP contribution is 2.28. The molecule has 196 valence electrons. The van der Waals surface area contributed by atoms with Gasteiger partial charge in [0.1, 0.15) is 23.1 Å². The largest absolute Gasteiger partial charge is 0.481 e. The predicted octanol–water partition coefficient (Wildman–Crippen LogP) is 1.32. The zero-order valence-corrected chi connectivity index (χ0v) is 20.6. The number of nitrogens with zero attached hydrogens (tertiary/aromatic N) is 7. The van der Waals surface area contributed by atoms with Crippen molar-refractivity contribution in [2.24, 2.45) is 5.92 Å². The van der Waals surface area contributed by atoms with Crippen LogP contribution in [0.4, 0.5) is 23.1 Å². The number of carbonyl (C=O) groups excluding carboxylic acids is 1. The van der Waals surface area contributed by atoms with Gasteiger partial charge in [0.25, 0.3) is 5.56 Å². The van der Waals surface area contributed by atoms with Crippen LogP contribution in [0.2, 0.25) is 0 Å². The number of piperidine rings is 1. The lowest BCUT2D eigenvalue weighted by Gasteiger charge is -2.34. The predicted molar refractivity (Wildman–Crippen MR) is 139 cm³/mol. The van der Waals surface area contributed by atoms with Crippen LogP contribution in [0.25, 0.3) is 10.9 Å². The van der Waals surface area contributed by atoms with E-state index in [2.05, 4.69) is 30.4 Å². The van der Waals surface area contributed by atoms with Crippen LogP contribution in [-0.4, -0.2) is 81.3 Å². The van der Waals surface area contributed by atoms with Crippen molar-refractivity contribution in [3.05, 3.63) is 40.8 Å². The fourth-order valence-corrected chi connectivity index (χ4v) is 4.84. The summed E-state index contributed by atoms with van der Waals surface area (Å²) in [6.07, 6.45) is 2.56. The zero-order valence-electron chi connectivity index (χ0n) is 20.6. The maximum atomic E-state index is 12.6. The standard InChI is InChI=1S/C25H27N9O4/c26-8-5-20(35)33-11-13-34(14-12-33)25-29-19-15-27-31-23(36)21(19)22(30-25)28-17-1-3-18(4-2-17)32-9-6-16(7-10-32)24(37)38/h1-4,15-16H,5-7,9-14H2,(H,31,36)(H,37,38)(H,28,29,30). The number of hydrogen-bond acceptors (Lipinski definition) is 10. The topological polar surface area (TPSA) is 171 Å². The molecule has 0 atom stereocenters. The molecule has 13 heteroatoms. The number of fused-ring (bicyclic) bond motifs is 1. The van der Waals surface area contributed by atoms with Gasteiger partial charge in [-0.2, -0.15) is 15.3 Å². The van der Waals surface area contributed by atoms with Gasteiger partial charge in [0, 0.05) is 50.6 Å². The molecule has 0 radical (unpaired) electrons. The molecule has 0 unspecified atom stereocenters. The average molecular weight is 518 g/mol. The molecule has 0 saturated carbocycles. The van der Waals surface area contributed by atoms with Gasteiger partial charge in [-0.1, -0.05) is 0 Å². The molecule has 0 aliphatic carbocycles. The molecule has 3 aromatic rings. The van der Waals surface area contributed by atoms with Crippen LogP contribution < -0.4 is 20.7 Å². The summed E-state index contributed by atoms with van der Waals surface area (Å²) in [4.78, 5) is 50.9. The summed E-state index contributed by atoms with van der Waals surface area (Å²) in [6, 6.07) is 9.58. The van der Waals surface area contributed by atoms with E-state index >= 15 is 0 Å². The van der Waals surface area contributed by atoms with Gasteiger partial charge in [0.2, 0.25) is 11.9 Å². The number of aromatic amines is 1. The monoisotopic (exact) mass is 517 g/mol. The Labute approximate surface area is 217 Å². The highest BCUT2D eigenvalue weighted by Gasteiger charge is 2.25. The molecular weight excluding hydrogens is 490 g/mol. The minimum Gasteiger partial charge on any atom is -0.481 e. The average Bonchev–Trinajstić information content (AvgIpc) is 2.93. The van der Waals surface area contributed by atoms with Crippen molar-refractivity contribution in [1.82, 2.24) is 25.1 Å². The molecule has 1 aromatic carbocycles. The summed E-state index contributed by atoms with van der Waals surface area (Å²) in [5.41, 5.74) is 1.70.